The molecule has 0 bridgehead atoms. The Balaban J connectivity index is 1.92. The third-order valence-electron chi connectivity index (χ3n) is 4.96. The van der Waals surface area contributed by atoms with Crippen LogP contribution in [0, 0.1) is 17.3 Å². The second-order valence-corrected chi connectivity index (χ2v) is 7.74. The van der Waals surface area contributed by atoms with Gasteiger partial charge in [0.2, 0.25) is 0 Å². The van der Waals surface area contributed by atoms with Crippen molar-refractivity contribution < 1.29 is 0 Å². The SMILES string of the molecule is CC(C)(C)CC(CN)N1CCC2CCCCC2C1. The van der Waals surface area contributed by atoms with E-state index in [0.29, 0.717) is 11.5 Å². The fourth-order valence-corrected chi connectivity index (χ4v) is 4.03. The Hall–Kier alpha value is -0.0800. The van der Waals surface area contributed by atoms with E-state index in [1.165, 1.54) is 51.6 Å². The highest BCUT2D eigenvalue weighted by Crippen LogP contribution is 2.37. The summed E-state index contributed by atoms with van der Waals surface area (Å²) in [6, 6.07) is 0.605. The van der Waals surface area contributed by atoms with E-state index in [2.05, 4.69) is 25.7 Å². The Morgan fingerprint density at radius 3 is 2.39 bits per heavy atom. The Labute approximate surface area is 113 Å². The van der Waals surface area contributed by atoms with Crippen LogP contribution in [0.1, 0.15) is 59.3 Å². The molecule has 2 heteroatoms. The Kier molecular flexibility index (Phi) is 4.71. The number of piperidine rings is 1. The fourth-order valence-electron chi connectivity index (χ4n) is 4.03. The van der Waals surface area contributed by atoms with Crippen LogP contribution in [0.3, 0.4) is 0 Å². The van der Waals surface area contributed by atoms with Gasteiger partial charge in [0.25, 0.3) is 0 Å². The minimum Gasteiger partial charge on any atom is -0.329 e. The van der Waals surface area contributed by atoms with Gasteiger partial charge in [0.1, 0.15) is 0 Å². The predicted molar refractivity (Wildman–Crippen MR) is 78.6 cm³/mol. The molecule has 0 aromatic carbocycles. The van der Waals surface area contributed by atoms with Crippen molar-refractivity contribution in [2.45, 2.75) is 65.3 Å². The van der Waals surface area contributed by atoms with Gasteiger partial charge in [0.05, 0.1) is 0 Å². The molecular weight excluding hydrogens is 220 g/mol. The fraction of sp³-hybridized carbons (Fsp3) is 1.00. The maximum atomic E-state index is 6.04. The molecule has 2 N–H and O–H groups in total. The molecule has 3 atom stereocenters. The molecule has 1 saturated heterocycles. The van der Waals surface area contributed by atoms with Crippen molar-refractivity contribution in [1.29, 1.82) is 0 Å². The molecule has 2 fully saturated rings. The number of rotatable bonds is 3. The first kappa shape index (κ1) is 14.3. The lowest BCUT2D eigenvalue weighted by atomic mass is 9.74. The molecule has 2 nitrogen and oxygen atoms in total. The van der Waals surface area contributed by atoms with Gasteiger partial charge in [-0.25, -0.2) is 0 Å². The Morgan fingerprint density at radius 1 is 1.11 bits per heavy atom. The zero-order valence-corrected chi connectivity index (χ0v) is 12.6. The average Bonchev–Trinajstić information content (AvgIpc) is 2.34. The van der Waals surface area contributed by atoms with Gasteiger partial charge in [0.15, 0.2) is 0 Å². The molecule has 0 amide bonds. The van der Waals surface area contributed by atoms with Crippen molar-refractivity contribution >= 4 is 0 Å². The van der Waals surface area contributed by atoms with Crippen molar-refractivity contribution in [1.82, 2.24) is 4.90 Å². The lowest BCUT2D eigenvalue weighted by Crippen LogP contribution is -2.50. The van der Waals surface area contributed by atoms with Gasteiger partial charge in [-0.2, -0.15) is 0 Å². The summed E-state index contributed by atoms with van der Waals surface area (Å²) < 4.78 is 0. The molecule has 0 radical (unpaired) electrons. The summed E-state index contributed by atoms with van der Waals surface area (Å²) in [7, 11) is 0. The second kappa shape index (κ2) is 5.92. The number of nitrogens with zero attached hydrogens (tertiary/aromatic N) is 1. The van der Waals surface area contributed by atoms with Crippen LogP contribution in [0.4, 0.5) is 0 Å². The molecule has 1 saturated carbocycles. The van der Waals surface area contributed by atoms with E-state index in [1.807, 2.05) is 0 Å². The lowest BCUT2D eigenvalue weighted by Gasteiger charge is -2.45. The first-order valence-corrected chi connectivity index (χ1v) is 7.94. The molecule has 2 aliphatic rings. The zero-order chi connectivity index (χ0) is 13.2. The summed E-state index contributed by atoms with van der Waals surface area (Å²) in [5.74, 6) is 2.00. The quantitative estimate of drug-likeness (QED) is 0.835. The van der Waals surface area contributed by atoms with Crippen molar-refractivity contribution in [2.75, 3.05) is 19.6 Å². The topological polar surface area (TPSA) is 29.3 Å². The van der Waals surface area contributed by atoms with Gasteiger partial charge in [-0.3, -0.25) is 4.90 Å². The van der Waals surface area contributed by atoms with E-state index < -0.39 is 0 Å². The monoisotopic (exact) mass is 252 g/mol. The summed E-state index contributed by atoms with van der Waals surface area (Å²) >= 11 is 0. The summed E-state index contributed by atoms with van der Waals surface area (Å²) in [5, 5.41) is 0. The predicted octanol–water partition coefficient (Wildman–Crippen LogP) is 3.26. The first-order chi connectivity index (χ1) is 8.49. The van der Waals surface area contributed by atoms with E-state index in [1.54, 1.807) is 0 Å². The second-order valence-electron chi connectivity index (χ2n) is 7.74. The molecule has 18 heavy (non-hydrogen) atoms. The van der Waals surface area contributed by atoms with Gasteiger partial charge in [-0.15, -0.1) is 0 Å². The molecular formula is C16H32N2. The molecule has 0 aromatic rings. The van der Waals surface area contributed by atoms with Gasteiger partial charge in [0, 0.05) is 19.1 Å². The van der Waals surface area contributed by atoms with Gasteiger partial charge < -0.3 is 5.73 Å². The first-order valence-electron chi connectivity index (χ1n) is 7.94. The van der Waals surface area contributed by atoms with Crippen LogP contribution in [-0.2, 0) is 0 Å². The maximum absolute atomic E-state index is 6.04. The van der Waals surface area contributed by atoms with Crippen LogP contribution >= 0.6 is 0 Å². The van der Waals surface area contributed by atoms with Gasteiger partial charge in [-0.1, -0.05) is 40.0 Å². The molecule has 1 aliphatic carbocycles. The van der Waals surface area contributed by atoms with E-state index in [0.717, 1.165) is 18.4 Å². The highest BCUT2D eigenvalue weighted by molar-refractivity contribution is 4.88. The number of hydrogen-bond acceptors (Lipinski definition) is 2. The van der Waals surface area contributed by atoms with E-state index in [9.17, 15) is 0 Å². The summed E-state index contributed by atoms with van der Waals surface area (Å²) in [6.07, 6.45) is 8.55. The molecule has 2 rings (SSSR count). The Bertz CT molecular complexity index is 256. The molecule has 1 heterocycles. The summed E-state index contributed by atoms with van der Waals surface area (Å²) in [4.78, 5) is 2.71. The molecule has 0 aromatic heterocycles. The molecule has 3 unspecified atom stereocenters. The van der Waals surface area contributed by atoms with Gasteiger partial charge >= 0.3 is 0 Å². The van der Waals surface area contributed by atoms with Crippen LogP contribution in [-0.4, -0.2) is 30.6 Å². The van der Waals surface area contributed by atoms with E-state index >= 15 is 0 Å². The number of likely N-dealkylation sites (tertiary alicyclic amines) is 1. The van der Waals surface area contributed by atoms with E-state index in [4.69, 9.17) is 5.73 Å². The normalized spacial score (nSPS) is 32.0. The van der Waals surface area contributed by atoms with Crippen molar-refractivity contribution in [2.24, 2.45) is 23.0 Å². The van der Waals surface area contributed by atoms with Crippen LogP contribution in [0.15, 0.2) is 0 Å². The van der Waals surface area contributed by atoms with Crippen molar-refractivity contribution in [3.63, 3.8) is 0 Å². The van der Waals surface area contributed by atoms with Crippen LogP contribution in [0.25, 0.3) is 0 Å². The molecule has 1 aliphatic heterocycles. The van der Waals surface area contributed by atoms with Crippen LogP contribution in [0.2, 0.25) is 0 Å². The lowest BCUT2D eigenvalue weighted by molar-refractivity contribution is 0.0455. The standard InChI is InChI=1S/C16H32N2/c1-16(2,3)10-15(11-17)18-9-8-13-6-4-5-7-14(13)12-18/h13-15H,4-12,17H2,1-3H3. The minimum atomic E-state index is 0.396. The highest BCUT2D eigenvalue weighted by atomic mass is 15.2. The largest absolute Gasteiger partial charge is 0.329 e. The molecule has 106 valence electrons. The average molecular weight is 252 g/mol. The van der Waals surface area contributed by atoms with Crippen LogP contribution < -0.4 is 5.73 Å². The minimum absolute atomic E-state index is 0.396. The van der Waals surface area contributed by atoms with Gasteiger partial charge in [-0.05, 0) is 43.1 Å². The maximum Gasteiger partial charge on any atom is 0.0223 e. The number of hydrogen-bond donors (Lipinski definition) is 1. The summed E-state index contributed by atoms with van der Waals surface area (Å²) in [5.41, 5.74) is 6.43. The number of fused-ring (bicyclic) bond motifs is 1. The van der Waals surface area contributed by atoms with Crippen LogP contribution in [0.5, 0.6) is 0 Å². The van der Waals surface area contributed by atoms with Crippen molar-refractivity contribution in [3.05, 3.63) is 0 Å². The third kappa shape index (κ3) is 3.71. The summed E-state index contributed by atoms with van der Waals surface area (Å²) in [6.45, 7) is 10.4. The number of nitrogens with two attached hydrogens (primary N) is 1. The molecule has 0 spiro atoms. The van der Waals surface area contributed by atoms with Crippen molar-refractivity contribution in [3.8, 4) is 0 Å². The third-order valence-corrected chi connectivity index (χ3v) is 4.96. The Morgan fingerprint density at radius 2 is 1.78 bits per heavy atom. The highest BCUT2D eigenvalue weighted by Gasteiger charge is 2.34. The smallest absolute Gasteiger partial charge is 0.0223 e. The van der Waals surface area contributed by atoms with E-state index in [-0.39, 0.29) is 0 Å². The zero-order valence-electron chi connectivity index (χ0n) is 12.6.